The normalized spacial score (nSPS) is 10.4. The van der Waals surface area contributed by atoms with Crippen LogP contribution in [-0.2, 0) is 6.42 Å². The summed E-state index contributed by atoms with van der Waals surface area (Å²) < 4.78 is 0. The van der Waals surface area contributed by atoms with Crippen molar-refractivity contribution in [2.24, 2.45) is 0 Å². The van der Waals surface area contributed by atoms with E-state index in [0.29, 0.717) is 0 Å². The minimum atomic E-state index is 0.860. The van der Waals surface area contributed by atoms with Crippen LogP contribution in [0.1, 0.15) is 16.1 Å². The van der Waals surface area contributed by atoms with Gasteiger partial charge in [0, 0.05) is 23.7 Å². The summed E-state index contributed by atoms with van der Waals surface area (Å²) in [5.74, 6) is 0. The maximum atomic E-state index is 5.83. The first-order valence-electron chi connectivity index (χ1n) is 4.49. The topological polar surface area (TPSA) is 38.9 Å². The maximum Gasteiger partial charge on any atom is 0.0968 e. The Balaban J connectivity index is 2.22. The van der Waals surface area contributed by atoms with Gasteiger partial charge in [-0.05, 0) is 24.1 Å². The van der Waals surface area contributed by atoms with Crippen LogP contribution in [0.3, 0.4) is 0 Å². The number of nitrogen functional groups attached to an aromatic ring is 1. The van der Waals surface area contributed by atoms with E-state index in [9.17, 15) is 0 Å². The lowest BCUT2D eigenvalue weighted by Crippen LogP contribution is -1.93. The van der Waals surface area contributed by atoms with Gasteiger partial charge in [0.05, 0.1) is 5.01 Å². The Morgan fingerprint density at radius 2 is 2.29 bits per heavy atom. The van der Waals surface area contributed by atoms with Gasteiger partial charge in [-0.15, -0.1) is 11.3 Å². The standard InChI is InChI=1S/C11H12N2S/c1-8-2-3-9(6-10(8)12)7-11-13-4-5-14-11/h2-6H,7,12H2,1H3. The fourth-order valence-electron chi connectivity index (χ4n) is 1.31. The third-order valence-corrected chi connectivity index (χ3v) is 2.96. The molecule has 0 unspecified atom stereocenters. The summed E-state index contributed by atoms with van der Waals surface area (Å²) in [6.45, 7) is 2.02. The molecule has 0 saturated carbocycles. The zero-order valence-corrected chi connectivity index (χ0v) is 8.84. The number of thiazole rings is 1. The Bertz CT molecular complexity index is 421. The second-order valence-electron chi connectivity index (χ2n) is 3.29. The summed E-state index contributed by atoms with van der Waals surface area (Å²) in [5, 5.41) is 3.13. The van der Waals surface area contributed by atoms with E-state index in [1.807, 2.05) is 24.6 Å². The van der Waals surface area contributed by atoms with E-state index in [-0.39, 0.29) is 0 Å². The van der Waals surface area contributed by atoms with Gasteiger partial charge in [0.1, 0.15) is 0 Å². The first-order chi connectivity index (χ1) is 6.75. The van der Waals surface area contributed by atoms with Crippen molar-refractivity contribution < 1.29 is 0 Å². The van der Waals surface area contributed by atoms with Crippen molar-refractivity contribution in [1.82, 2.24) is 4.98 Å². The molecule has 2 aromatic rings. The molecule has 0 amide bonds. The van der Waals surface area contributed by atoms with Crippen molar-refractivity contribution in [2.45, 2.75) is 13.3 Å². The van der Waals surface area contributed by atoms with Gasteiger partial charge in [0.2, 0.25) is 0 Å². The quantitative estimate of drug-likeness (QED) is 0.764. The van der Waals surface area contributed by atoms with Crippen molar-refractivity contribution in [3.05, 3.63) is 45.9 Å². The Morgan fingerprint density at radius 1 is 1.43 bits per heavy atom. The molecule has 1 aromatic carbocycles. The van der Waals surface area contributed by atoms with Crippen molar-refractivity contribution in [3.63, 3.8) is 0 Å². The highest BCUT2D eigenvalue weighted by Crippen LogP contribution is 2.17. The average Bonchev–Trinajstić information content (AvgIpc) is 2.64. The minimum Gasteiger partial charge on any atom is -0.399 e. The third kappa shape index (κ3) is 1.93. The van der Waals surface area contributed by atoms with Gasteiger partial charge in [-0.25, -0.2) is 4.98 Å². The molecule has 2 nitrogen and oxygen atoms in total. The molecule has 0 spiro atoms. The number of anilines is 1. The van der Waals surface area contributed by atoms with E-state index in [4.69, 9.17) is 5.73 Å². The molecule has 0 atom stereocenters. The van der Waals surface area contributed by atoms with E-state index >= 15 is 0 Å². The number of aryl methyl sites for hydroxylation is 1. The minimum absolute atomic E-state index is 0.860. The molecule has 0 aliphatic heterocycles. The number of nitrogens with two attached hydrogens (primary N) is 1. The first-order valence-corrected chi connectivity index (χ1v) is 5.37. The second-order valence-corrected chi connectivity index (χ2v) is 4.27. The molecule has 0 aliphatic carbocycles. The molecule has 0 radical (unpaired) electrons. The summed E-state index contributed by atoms with van der Waals surface area (Å²) in [6, 6.07) is 6.18. The van der Waals surface area contributed by atoms with Crippen LogP contribution < -0.4 is 5.73 Å². The summed E-state index contributed by atoms with van der Waals surface area (Å²) in [6.07, 6.45) is 2.71. The van der Waals surface area contributed by atoms with Gasteiger partial charge in [0.25, 0.3) is 0 Å². The predicted octanol–water partition coefficient (Wildman–Crippen LogP) is 2.62. The number of benzene rings is 1. The summed E-state index contributed by atoms with van der Waals surface area (Å²) in [5.41, 5.74) is 9.05. The highest BCUT2D eigenvalue weighted by atomic mass is 32.1. The fraction of sp³-hybridized carbons (Fsp3) is 0.182. The Labute approximate surface area is 87.4 Å². The predicted molar refractivity (Wildman–Crippen MR) is 60.5 cm³/mol. The Morgan fingerprint density at radius 3 is 2.93 bits per heavy atom. The SMILES string of the molecule is Cc1ccc(Cc2nccs2)cc1N. The first kappa shape index (κ1) is 9.21. The van der Waals surface area contributed by atoms with Gasteiger partial charge in [0.15, 0.2) is 0 Å². The smallest absolute Gasteiger partial charge is 0.0968 e. The zero-order chi connectivity index (χ0) is 9.97. The summed E-state index contributed by atoms with van der Waals surface area (Å²) in [7, 11) is 0. The number of hydrogen-bond donors (Lipinski definition) is 1. The molecule has 0 saturated heterocycles. The van der Waals surface area contributed by atoms with Crippen LogP contribution in [0, 0.1) is 6.92 Å². The Hall–Kier alpha value is -1.35. The van der Waals surface area contributed by atoms with Crippen molar-refractivity contribution in [2.75, 3.05) is 5.73 Å². The largest absolute Gasteiger partial charge is 0.399 e. The van der Waals surface area contributed by atoms with Crippen LogP contribution >= 0.6 is 11.3 Å². The van der Waals surface area contributed by atoms with Gasteiger partial charge < -0.3 is 5.73 Å². The van der Waals surface area contributed by atoms with Gasteiger partial charge in [-0.1, -0.05) is 12.1 Å². The number of hydrogen-bond acceptors (Lipinski definition) is 3. The van der Waals surface area contributed by atoms with Crippen molar-refractivity contribution in [3.8, 4) is 0 Å². The highest BCUT2D eigenvalue weighted by Gasteiger charge is 2.00. The lowest BCUT2D eigenvalue weighted by molar-refractivity contribution is 1.14. The van der Waals surface area contributed by atoms with E-state index in [2.05, 4.69) is 17.1 Å². The van der Waals surface area contributed by atoms with E-state index in [0.717, 1.165) is 22.7 Å². The number of rotatable bonds is 2. The van der Waals surface area contributed by atoms with E-state index in [1.54, 1.807) is 11.3 Å². The van der Waals surface area contributed by atoms with Crippen molar-refractivity contribution >= 4 is 17.0 Å². The van der Waals surface area contributed by atoms with Gasteiger partial charge >= 0.3 is 0 Å². The maximum absolute atomic E-state index is 5.83. The molecule has 14 heavy (non-hydrogen) atoms. The van der Waals surface area contributed by atoms with Gasteiger partial charge in [-0.2, -0.15) is 0 Å². The van der Waals surface area contributed by atoms with Crippen molar-refractivity contribution in [1.29, 1.82) is 0 Å². The fourth-order valence-corrected chi connectivity index (χ4v) is 1.97. The van der Waals surface area contributed by atoms with Crippen LogP contribution in [0.4, 0.5) is 5.69 Å². The van der Waals surface area contributed by atoms with Crippen LogP contribution in [0.2, 0.25) is 0 Å². The lowest BCUT2D eigenvalue weighted by atomic mass is 10.1. The third-order valence-electron chi connectivity index (χ3n) is 2.18. The van der Waals surface area contributed by atoms with Crippen LogP contribution in [0.25, 0.3) is 0 Å². The van der Waals surface area contributed by atoms with Gasteiger partial charge in [-0.3, -0.25) is 0 Å². The Kier molecular flexibility index (Phi) is 2.50. The summed E-state index contributed by atoms with van der Waals surface area (Å²) in [4.78, 5) is 4.24. The molecule has 1 heterocycles. The van der Waals surface area contributed by atoms with Crippen LogP contribution in [0.15, 0.2) is 29.8 Å². The average molecular weight is 204 g/mol. The molecule has 0 bridgehead atoms. The van der Waals surface area contributed by atoms with E-state index < -0.39 is 0 Å². The zero-order valence-electron chi connectivity index (χ0n) is 8.03. The number of nitrogens with zero attached hydrogens (tertiary/aromatic N) is 1. The molecule has 0 fully saturated rings. The molecule has 72 valence electrons. The molecule has 2 rings (SSSR count). The molecule has 2 N–H and O–H groups in total. The lowest BCUT2D eigenvalue weighted by Gasteiger charge is -2.02. The second kappa shape index (κ2) is 3.80. The molecular weight excluding hydrogens is 192 g/mol. The summed E-state index contributed by atoms with van der Waals surface area (Å²) >= 11 is 1.68. The highest BCUT2D eigenvalue weighted by molar-refractivity contribution is 7.09. The molecule has 0 aliphatic rings. The van der Waals surface area contributed by atoms with Crippen LogP contribution in [-0.4, -0.2) is 4.98 Å². The molecular formula is C11H12N2S. The molecule has 1 aromatic heterocycles. The monoisotopic (exact) mass is 204 g/mol. The molecule has 3 heteroatoms. The van der Waals surface area contributed by atoms with Crippen LogP contribution in [0.5, 0.6) is 0 Å². The van der Waals surface area contributed by atoms with E-state index in [1.165, 1.54) is 5.56 Å². The number of aromatic nitrogens is 1.